The van der Waals surface area contributed by atoms with Gasteiger partial charge in [0.2, 0.25) is 5.95 Å². The molecule has 1 aromatic heterocycles. The number of hydrogen-bond acceptors (Lipinski definition) is 5. The van der Waals surface area contributed by atoms with E-state index in [1.807, 2.05) is 44.2 Å². The second-order valence-electron chi connectivity index (χ2n) is 6.58. The molecule has 2 aromatic carbocycles. The first-order chi connectivity index (χ1) is 12.7. The maximum atomic E-state index is 5.67. The quantitative estimate of drug-likeness (QED) is 0.725. The van der Waals surface area contributed by atoms with Crippen LogP contribution in [0.15, 0.2) is 60.8 Å². The van der Waals surface area contributed by atoms with Gasteiger partial charge in [-0.3, -0.25) is 0 Å². The standard InChI is InChI=1S/C21H22N4O/c1-15(2)26-18-9-7-17(8-10-18)23-21-22-13-11-20(24-21)25-14-12-16-5-3-4-6-19(16)25/h3-11,13,15H,12,14H2,1-2H3,(H,22,23,24). The Hall–Kier alpha value is -3.08. The van der Waals surface area contributed by atoms with Crippen LogP contribution in [0.3, 0.4) is 0 Å². The zero-order chi connectivity index (χ0) is 17.9. The summed E-state index contributed by atoms with van der Waals surface area (Å²) in [6.45, 7) is 4.97. The summed E-state index contributed by atoms with van der Waals surface area (Å²) in [5.74, 6) is 2.35. The lowest BCUT2D eigenvalue weighted by molar-refractivity contribution is 0.242. The second kappa shape index (κ2) is 7.04. The van der Waals surface area contributed by atoms with Gasteiger partial charge in [-0.2, -0.15) is 4.98 Å². The summed E-state index contributed by atoms with van der Waals surface area (Å²) in [6, 6.07) is 18.3. The van der Waals surface area contributed by atoms with Crippen LogP contribution in [0.4, 0.5) is 23.1 Å². The van der Waals surface area contributed by atoms with E-state index in [1.54, 1.807) is 6.20 Å². The summed E-state index contributed by atoms with van der Waals surface area (Å²) >= 11 is 0. The van der Waals surface area contributed by atoms with E-state index in [0.29, 0.717) is 5.95 Å². The third-order valence-corrected chi connectivity index (χ3v) is 4.29. The van der Waals surface area contributed by atoms with Gasteiger partial charge in [-0.25, -0.2) is 4.98 Å². The van der Waals surface area contributed by atoms with Gasteiger partial charge in [-0.05, 0) is 62.2 Å². The molecule has 0 atom stereocenters. The molecular formula is C21H22N4O. The molecule has 1 N–H and O–H groups in total. The van der Waals surface area contributed by atoms with Crippen molar-refractivity contribution in [3.8, 4) is 5.75 Å². The number of fused-ring (bicyclic) bond motifs is 1. The van der Waals surface area contributed by atoms with Crippen molar-refractivity contribution < 1.29 is 4.74 Å². The van der Waals surface area contributed by atoms with Crippen LogP contribution in [0, 0.1) is 0 Å². The predicted molar refractivity (Wildman–Crippen MR) is 105 cm³/mol. The molecule has 4 rings (SSSR count). The van der Waals surface area contributed by atoms with Crippen LogP contribution in [0.2, 0.25) is 0 Å². The summed E-state index contributed by atoms with van der Waals surface area (Å²) in [4.78, 5) is 11.3. The average Bonchev–Trinajstić information content (AvgIpc) is 3.07. The molecule has 0 radical (unpaired) electrons. The summed E-state index contributed by atoms with van der Waals surface area (Å²) in [5.41, 5.74) is 3.52. The largest absolute Gasteiger partial charge is 0.491 e. The first kappa shape index (κ1) is 16.4. The fraction of sp³-hybridized carbons (Fsp3) is 0.238. The van der Waals surface area contributed by atoms with Gasteiger partial charge in [0.1, 0.15) is 11.6 Å². The lowest BCUT2D eigenvalue weighted by atomic mass is 10.2. The minimum absolute atomic E-state index is 0.164. The van der Waals surface area contributed by atoms with Gasteiger partial charge in [0.15, 0.2) is 0 Å². The fourth-order valence-electron chi connectivity index (χ4n) is 3.15. The Morgan fingerprint density at radius 1 is 1.04 bits per heavy atom. The van der Waals surface area contributed by atoms with Crippen molar-refractivity contribution in [3.05, 3.63) is 66.4 Å². The zero-order valence-electron chi connectivity index (χ0n) is 15.0. The molecule has 26 heavy (non-hydrogen) atoms. The number of ether oxygens (including phenoxy) is 1. The van der Waals surface area contributed by atoms with E-state index in [-0.39, 0.29) is 6.10 Å². The molecule has 1 aliphatic heterocycles. The number of rotatable bonds is 5. The summed E-state index contributed by atoms with van der Waals surface area (Å²) in [5, 5.41) is 3.27. The highest BCUT2D eigenvalue weighted by atomic mass is 16.5. The number of hydrogen-bond donors (Lipinski definition) is 1. The second-order valence-corrected chi connectivity index (χ2v) is 6.58. The third-order valence-electron chi connectivity index (χ3n) is 4.29. The van der Waals surface area contributed by atoms with Gasteiger partial charge in [0.05, 0.1) is 6.10 Å². The number of nitrogens with zero attached hydrogens (tertiary/aromatic N) is 3. The van der Waals surface area contributed by atoms with Gasteiger partial charge in [0, 0.05) is 24.1 Å². The minimum Gasteiger partial charge on any atom is -0.491 e. The maximum Gasteiger partial charge on any atom is 0.229 e. The van der Waals surface area contributed by atoms with Gasteiger partial charge in [-0.1, -0.05) is 18.2 Å². The molecule has 5 nitrogen and oxygen atoms in total. The van der Waals surface area contributed by atoms with Gasteiger partial charge in [0.25, 0.3) is 0 Å². The number of aromatic nitrogens is 2. The number of benzene rings is 2. The molecule has 5 heteroatoms. The van der Waals surface area contributed by atoms with Crippen molar-refractivity contribution in [3.63, 3.8) is 0 Å². The van der Waals surface area contributed by atoms with E-state index in [9.17, 15) is 0 Å². The molecule has 1 aliphatic rings. The predicted octanol–water partition coefficient (Wildman–Crippen LogP) is 4.70. The van der Waals surface area contributed by atoms with Crippen LogP contribution in [-0.4, -0.2) is 22.6 Å². The Labute approximate surface area is 153 Å². The molecule has 0 fully saturated rings. The average molecular weight is 346 g/mol. The van der Waals surface area contributed by atoms with Gasteiger partial charge >= 0.3 is 0 Å². The summed E-state index contributed by atoms with van der Waals surface area (Å²) in [7, 11) is 0. The number of nitrogens with one attached hydrogen (secondary N) is 1. The molecule has 0 spiro atoms. The summed E-state index contributed by atoms with van der Waals surface area (Å²) in [6.07, 6.45) is 3.00. The Kier molecular flexibility index (Phi) is 4.44. The van der Waals surface area contributed by atoms with E-state index < -0.39 is 0 Å². The number of anilines is 4. The Bertz CT molecular complexity index is 893. The van der Waals surface area contributed by atoms with Crippen LogP contribution in [0.5, 0.6) is 5.75 Å². The van der Waals surface area contributed by atoms with Crippen LogP contribution in [0.1, 0.15) is 19.4 Å². The molecule has 0 aliphatic carbocycles. The minimum atomic E-state index is 0.164. The van der Waals surface area contributed by atoms with Crippen molar-refractivity contribution in [1.29, 1.82) is 0 Å². The first-order valence-corrected chi connectivity index (χ1v) is 8.91. The molecule has 0 saturated heterocycles. The topological polar surface area (TPSA) is 50.3 Å². The molecule has 2 heterocycles. The fourth-order valence-corrected chi connectivity index (χ4v) is 3.15. The summed E-state index contributed by atoms with van der Waals surface area (Å²) < 4.78 is 5.67. The monoisotopic (exact) mass is 346 g/mol. The highest BCUT2D eigenvalue weighted by Gasteiger charge is 2.21. The SMILES string of the molecule is CC(C)Oc1ccc(Nc2nccc(N3CCc4ccccc43)n2)cc1. The van der Waals surface area contributed by atoms with E-state index in [1.165, 1.54) is 11.3 Å². The molecular weight excluding hydrogens is 324 g/mol. The normalized spacial score (nSPS) is 13.0. The maximum absolute atomic E-state index is 5.67. The van der Waals surface area contributed by atoms with Crippen molar-refractivity contribution in [2.24, 2.45) is 0 Å². The zero-order valence-corrected chi connectivity index (χ0v) is 15.0. The lowest BCUT2D eigenvalue weighted by Gasteiger charge is -2.18. The molecule has 0 bridgehead atoms. The van der Waals surface area contributed by atoms with Crippen molar-refractivity contribution >= 4 is 23.1 Å². The molecule has 0 amide bonds. The van der Waals surface area contributed by atoms with Crippen LogP contribution in [-0.2, 0) is 6.42 Å². The van der Waals surface area contributed by atoms with Crippen molar-refractivity contribution in [2.45, 2.75) is 26.4 Å². The van der Waals surface area contributed by atoms with Crippen LogP contribution >= 0.6 is 0 Å². The van der Waals surface area contributed by atoms with Crippen LogP contribution < -0.4 is 15.0 Å². The highest BCUT2D eigenvalue weighted by Crippen LogP contribution is 2.33. The Morgan fingerprint density at radius 3 is 2.65 bits per heavy atom. The van der Waals surface area contributed by atoms with Gasteiger partial charge in [-0.15, -0.1) is 0 Å². The Morgan fingerprint density at radius 2 is 1.85 bits per heavy atom. The van der Waals surface area contributed by atoms with Crippen molar-refractivity contribution in [1.82, 2.24) is 9.97 Å². The van der Waals surface area contributed by atoms with E-state index in [0.717, 1.165) is 30.2 Å². The number of para-hydroxylation sites is 1. The highest BCUT2D eigenvalue weighted by molar-refractivity contribution is 5.68. The molecule has 132 valence electrons. The van der Waals surface area contributed by atoms with Crippen LogP contribution in [0.25, 0.3) is 0 Å². The van der Waals surface area contributed by atoms with Crippen molar-refractivity contribution in [2.75, 3.05) is 16.8 Å². The first-order valence-electron chi connectivity index (χ1n) is 8.91. The molecule has 0 unspecified atom stereocenters. The molecule has 3 aromatic rings. The molecule has 0 saturated carbocycles. The van der Waals surface area contributed by atoms with Gasteiger partial charge < -0.3 is 15.0 Å². The smallest absolute Gasteiger partial charge is 0.229 e. The van der Waals surface area contributed by atoms with E-state index in [2.05, 4.69) is 39.5 Å². The third kappa shape index (κ3) is 3.47. The Balaban J connectivity index is 1.52. The van der Waals surface area contributed by atoms with E-state index in [4.69, 9.17) is 9.72 Å². The lowest BCUT2D eigenvalue weighted by Crippen LogP contribution is -2.15. The van der Waals surface area contributed by atoms with E-state index >= 15 is 0 Å².